The molecule has 0 aliphatic heterocycles. The molecular weight excluding hydrogens is 596 g/mol. The van der Waals surface area contributed by atoms with Gasteiger partial charge in [-0.05, 0) is 83.5 Å². The van der Waals surface area contributed by atoms with Gasteiger partial charge in [0.2, 0.25) is 0 Å². The van der Waals surface area contributed by atoms with Crippen LogP contribution in [0, 0.1) is 0 Å². The summed E-state index contributed by atoms with van der Waals surface area (Å²) in [7, 11) is 0. The number of rotatable bonds is 34. The zero-order valence-corrected chi connectivity index (χ0v) is 31.0. The summed E-state index contributed by atoms with van der Waals surface area (Å²) in [6, 6.07) is 0. The number of carbonyl (C=O) groups excluding carboxylic acids is 2. The van der Waals surface area contributed by atoms with Gasteiger partial charge in [-0.2, -0.15) is 0 Å². The summed E-state index contributed by atoms with van der Waals surface area (Å²) in [5, 5.41) is 9.55. The largest absolute Gasteiger partial charge is 0.462 e. The number of carbonyl (C=O) groups is 2. The van der Waals surface area contributed by atoms with Crippen molar-refractivity contribution in [1.29, 1.82) is 0 Å². The molecule has 0 saturated heterocycles. The summed E-state index contributed by atoms with van der Waals surface area (Å²) >= 11 is 0. The Morgan fingerprint density at radius 1 is 0.500 bits per heavy atom. The van der Waals surface area contributed by atoms with Gasteiger partial charge in [-0.3, -0.25) is 9.59 Å². The van der Waals surface area contributed by atoms with E-state index in [0.29, 0.717) is 12.8 Å². The molecule has 1 N–H and O–H groups in total. The minimum atomic E-state index is -0.792. The lowest BCUT2D eigenvalue weighted by atomic mass is 10.1. The third kappa shape index (κ3) is 36.2. The van der Waals surface area contributed by atoms with E-state index in [9.17, 15) is 14.7 Å². The van der Waals surface area contributed by atoms with Crippen molar-refractivity contribution in [2.24, 2.45) is 0 Å². The maximum Gasteiger partial charge on any atom is 0.306 e. The summed E-state index contributed by atoms with van der Waals surface area (Å²) < 4.78 is 10.6. The zero-order valence-electron chi connectivity index (χ0n) is 31.0. The first-order valence-electron chi connectivity index (χ1n) is 19.5. The van der Waals surface area contributed by atoms with Crippen LogP contribution in [0.5, 0.6) is 0 Å². The van der Waals surface area contributed by atoms with Crippen molar-refractivity contribution < 1.29 is 24.2 Å². The second kappa shape index (κ2) is 38.8. The molecule has 0 spiro atoms. The number of allylic oxidation sites excluding steroid dienone is 12. The Morgan fingerprint density at radius 2 is 0.896 bits per heavy atom. The highest BCUT2D eigenvalue weighted by Crippen LogP contribution is 2.11. The third-order valence-electron chi connectivity index (χ3n) is 7.98. The SMILES string of the molecule is CCC=CCC=CCC=CCC=CCC=CCCCCCC(=O)OC[C@H](CO)OC(=O)CCCCCCCC=CCCCCCCCC. The first-order valence-corrected chi connectivity index (χ1v) is 19.5. The quantitative estimate of drug-likeness (QED) is 0.0420. The summed E-state index contributed by atoms with van der Waals surface area (Å²) in [6.45, 7) is 3.97. The number of hydrogen-bond acceptors (Lipinski definition) is 5. The van der Waals surface area contributed by atoms with E-state index in [1.54, 1.807) is 0 Å². The standard InChI is InChI=1S/C43H72O5/c1-3-5-7-9-11-13-15-17-19-20-21-22-24-25-27-29-31-33-35-37-42(45)47-40-41(39-44)48-43(46)38-36-34-32-30-28-26-23-18-16-14-12-10-8-6-4-2/h5,7,11,13,17-19,21-23,25,27,41,44H,3-4,6,8-10,12,14-16,20,24,26,28-40H2,1-2H3/t41-/m0/s1. The van der Waals surface area contributed by atoms with Crippen molar-refractivity contribution in [3.8, 4) is 0 Å². The second-order valence-electron chi connectivity index (χ2n) is 12.6. The van der Waals surface area contributed by atoms with Gasteiger partial charge in [0.05, 0.1) is 6.61 Å². The van der Waals surface area contributed by atoms with Crippen LogP contribution in [0.1, 0.15) is 168 Å². The number of ether oxygens (including phenoxy) is 2. The predicted octanol–water partition coefficient (Wildman–Crippen LogP) is 12.2. The summed E-state index contributed by atoms with van der Waals surface area (Å²) in [5.74, 6) is -0.644. The lowest BCUT2D eigenvalue weighted by Crippen LogP contribution is -2.28. The average Bonchev–Trinajstić information content (AvgIpc) is 3.09. The Morgan fingerprint density at radius 3 is 1.40 bits per heavy atom. The Balaban J connectivity index is 3.67. The molecule has 5 heteroatoms. The van der Waals surface area contributed by atoms with Crippen LogP contribution in [0.25, 0.3) is 0 Å². The van der Waals surface area contributed by atoms with Crippen molar-refractivity contribution >= 4 is 11.9 Å². The van der Waals surface area contributed by atoms with Crippen LogP contribution < -0.4 is 0 Å². The highest BCUT2D eigenvalue weighted by atomic mass is 16.6. The van der Waals surface area contributed by atoms with E-state index in [1.807, 2.05) is 0 Å². The topological polar surface area (TPSA) is 72.8 Å². The third-order valence-corrected chi connectivity index (χ3v) is 7.98. The van der Waals surface area contributed by atoms with Gasteiger partial charge in [0.1, 0.15) is 6.61 Å². The average molecular weight is 669 g/mol. The maximum absolute atomic E-state index is 12.2. The first kappa shape index (κ1) is 45.3. The van der Waals surface area contributed by atoms with Crippen LogP contribution in [-0.2, 0) is 19.1 Å². The van der Waals surface area contributed by atoms with Gasteiger partial charge in [-0.15, -0.1) is 0 Å². The molecule has 0 aromatic heterocycles. The van der Waals surface area contributed by atoms with Crippen LogP contribution in [-0.4, -0.2) is 36.4 Å². The molecule has 274 valence electrons. The normalized spacial score (nSPS) is 13.0. The van der Waals surface area contributed by atoms with E-state index in [2.05, 4.69) is 86.8 Å². The summed E-state index contributed by atoms with van der Waals surface area (Å²) in [4.78, 5) is 24.2. The molecule has 0 saturated carbocycles. The highest BCUT2D eigenvalue weighted by molar-refractivity contribution is 5.70. The number of esters is 2. The molecule has 0 bridgehead atoms. The molecule has 0 fully saturated rings. The fourth-order valence-electron chi connectivity index (χ4n) is 5.04. The molecule has 0 heterocycles. The van der Waals surface area contributed by atoms with Crippen molar-refractivity contribution in [2.45, 2.75) is 174 Å². The molecule has 0 rings (SSSR count). The van der Waals surface area contributed by atoms with E-state index in [1.165, 1.54) is 57.8 Å². The molecule has 5 nitrogen and oxygen atoms in total. The van der Waals surface area contributed by atoms with Crippen LogP contribution in [0.2, 0.25) is 0 Å². The lowest BCUT2D eigenvalue weighted by Gasteiger charge is -2.15. The molecule has 0 aromatic carbocycles. The van der Waals surface area contributed by atoms with Crippen molar-refractivity contribution in [3.05, 3.63) is 72.9 Å². The fraction of sp³-hybridized carbons (Fsp3) is 0.674. The van der Waals surface area contributed by atoms with Crippen molar-refractivity contribution in [1.82, 2.24) is 0 Å². The van der Waals surface area contributed by atoms with Gasteiger partial charge in [-0.25, -0.2) is 0 Å². The number of aliphatic hydroxyl groups excluding tert-OH is 1. The smallest absolute Gasteiger partial charge is 0.306 e. The second-order valence-corrected chi connectivity index (χ2v) is 12.6. The van der Waals surface area contributed by atoms with Gasteiger partial charge < -0.3 is 14.6 Å². The molecule has 0 aliphatic carbocycles. The van der Waals surface area contributed by atoms with Crippen molar-refractivity contribution in [2.75, 3.05) is 13.2 Å². The first-order chi connectivity index (χ1) is 23.6. The highest BCUT2D eigenvalue weighted by Gasteiger charge is 2.16. The molecular formula is C43H72O5. The van der Waals surface area contributed by atoms with Gasteiger partial charge in [0, 0.05) is 12.8 Å². The monoisotopic (exact) mass is 669 g/mol. The van der Waals surface area contributed by atoms with Crippen LogP contribution >= 0.6 is 0 Å². The molecule has 48 heavy (non-hydrogen) atoms. The Kier molecular flexibility index (Phi) is 36.6. The number of unbranched alkanes of at least 4 members (excludes halogenated alkanes) is 14. The Bertz CT molecular complexity index is 895. The number of hydrogen-bond donors (Lipinski definition) is 1. The van der Waals surface area contributed by atoms with Gasteiger partial charge in [-0.1, -0.05) is 145 Å². The lowest BCUT2D eigenvalue weighted by molar-refractivity contribution is -0.161. The van der Waals surface area contributed by atoms with E-state index < -0.39 is 6.10 Å². The molecule has 0 amide bonds. The van der Waals surface area contributed by atoms with Crippen LogP contribution in [0.4, 0.5) is 0 Å². The van der Waals surface area contributed by atoms with Crippen LogP contribution in [0.15, 0.2) is 72.9 Å². The number of aliphatic hydroxyl groups is 1. The van der Waals surface area contributed by atoms with Crippen LogP contribution in [0.3, 0.4) is 0 Å². The minimum absolute atomic E-state index is 0.0898. The van der Waals surface area contributed by atoms with Gasteiger partial charge >= 0.3 is 11.9 Å². The summed E-state index contributed by atoms with van der Waals surface area (Å²) in [5.41, 5.74) is 0. The van der Waals surface area contributed by atoms with Gasteiger partial charge in [0.15, 0.2) is 6.10 Å². The fourth-order valence-corrected chi connectivity index (χ4v) is 5.04. The molecule has 0 aliphatic rings. The zero-order chi connectivity index (χ0) is 35.0. The Labute approximate surface area is 295 Å². The Hall–Kier alpha value is -2.66. The maximum atomic E-state index is 12.2. The molecule has 0 aromatic rings. The van der Waals surface area contributed by atoms with E-state index in [0.717, 1.165) is 83.5 Å². The van der Waals surface area contributed by atoms with E-state index >= 15 is 0 Å². The predicted molar refractivity (Wildman–Crippen MR) is 205 cm³/mol. The van der Waals surface area contributed by atoms with Crippen molar-refractivity contribution in [3.63, 3.8) is 0 Å². The van der Waals surface area contributed by atoms with E-state index in [-0.39, 0.29) is 25.2 Å². The molecule has 0 unspecified atom stereocenters. The van der Waals surface area contributed by atoms with E-state index in [4.69, 9.17) is 9.47 Å². The summed E-state index contributed by atoms with van der Waals surface area (Å²) in [6.07, 6.45) is 51.0. The molecule has 0 radical (unpaired) electrons. The van der Waals surface area contributed by atoms with Gasteiger partial charge in [0.25, 0.3) is 0 Å². The minimum Gasteiger partial charge on any atom is -0.462 e. The molecule has 1 atom stereocenters.